The monoisotopic (exact) mass is 287 g/mol. The number of hydrogen-bond donors (Lipinski definition) is 1. The van der Waals surface area contributed by atoms with Crippen LogP contribution >= 0.6 is 0 Å². The van der Waals surface area contributed by atoms with Crippen molar-refractivity contribution in [3.63, 3.8) is 0 Å². The molecule has 5 nitrogen and oxygen atoms in total. The zero-order chi connectivity index (χ0) is 15.4. The van der Waals surface area contributed by atoms with Crippen molar-refractivity contribution in [1.29, 1.82) is 0 Å². The summed E-state index contributed by atoms with van der Waals surface area (Å²) in [5.74, 6) is -0.291. The first-order valence-electron chi connectivity index (χ1n) is 6.86. The van der Waals surface area contributed by atoms with Crippen LogP contribution in [0.3, 0.4) is 0 Å². The van der Waals surface area contributed by atoms with E-state index < -0.39 is 6.04 Å². The Hall–Kier alpha value is -2.14. The molecule has 0 aliphatic heterocycles. The molecule has 1 atom stereocenters. The van der Waals surface area contributed by atoms with Gasteiger partial charge in [0, 0.05) is 19.8 Å². The number of carbonyl (C=O) groups is 1. The molecule has 0 amide bonds. The van der Waals surface area contributed by atoms with E-state index in [0.717, 1.165) is 16.8 Å². The Morgan fingerprint density at radius 1 is 1.38 bits per heavy atom. The average Bonchev–Trinajstić information content (AvgIpc) is 2.88. The van der Waals surface area contributed by atoms with Crippen molar-refractivity contribution in [2.45, 2.75) is 26.4 Å². The van der Waals surface area contributed by atoms with Crippen LogP contribution < -0.4 is 5.32 Å². The third-order valence-corrected chi connectivity index (χ3v) is 3.70. The molecule has 0 bridgehead atoms. The van der Waals surface area contributed by atoms with E-state index in [1.807, 2.05) is 36.7 Å². The normalized spacial score (nSPS) is 12.2. The fourth-order valence-electron chi connectivity index (χ4n) is 2.16. The number of carbonyl (C=O) groups excluding carboxylic acids is 1. The van der Waals surface area contributed by atoms with Gasteiger partial charge in [-0.25, -0.2) is 9.78 Å². The molecule has 0 saturated heterocycles. The molecule has 1 N–H and O–H groups in total. The third-order valence-electron chi connectivity index (χ3n) is 3.70. The van der Waals surface area contributed by atoms with Gasteiger partial charge in [-0.15, -0.1) is 0 Å². The molecular formula is C16H21N3O2. The zero-order valence-electron chi connectivity index (χ0n) is 12.9. The van der Waals surface area contributed by atoms with E-state index in [0.29, 0.717) is 6.54 Å². The van der Waals surface area contributed by atoms with Crippen LogP contribution in [0.2, 0.25) is 0 Å². The predicted molar refractivity (Wildman–Crippen MR) is 80.7 cm³/mol. The molecule has 0 radical (unpaired) electrons. The molecule has 0 aliphatic rings. The average molecular weight is 287 g/mol. The number of ether oxygens (including phenoxy) is 1. The Balaban J connectivity index is 2.20. The summed E-state index contributed by atoms with van der Waals surface area (Å²) >= 11 is 0. The molecule has 2 aromatic rings. The van der Waals surface area contributed by atoms with Gasteiger partial charge >= 0.3 is 5.97 Å². The van der Waals surface area contributed by atoms with E-state index in [1.54, 1.807) is 12.5 Å². The number of nitrogens with one attached hydrogen (secondary N) is 1. The quantitative estimate of drug-likeness (QED) is 0.855. The van der Waals surface area contributed by atoms with Gasteiger partial charge in [0.15, 0.2) is 0 Å². The van der Waals surface area contributed by atoms with Crippen molar-refractivity contribution in [2.24, 2.45) is 7.05 Å². The Bertz CT molecular complexity index is 634. The molecule has 2 rings (SSSR count). The van der Waals surface area contributed by atoms with Crippen molar-refractivity contribution >= 4 is 5.97 Å². The second-order valence-electron chi connectivity index (χ2n) is 5.18. The largest absolute Gasteiger partial charge is 0.468 e. The van der Waals surface area contributed by atoms with Crippen molar-refractivity contribution in [1.82, 2.24) is 14.9 Å². The van der Waals surface area contributed by atoms with E-state index in [-0.39, 0.29) is 5.97 Å². The minimum Gasteiger partial charge on any atom is -0.468 e. The maximum Gasteiger partial charge on any atom is 0.327 e. The number of rotatable bonds is 5. The lowest BCUT2D eigenvalue weighted by atomic mass is 10.0. The van der Waals surface area contributed by atoms with Crippen LogP contribution in [-0.4, -0.2) is 22.6 Å². The van der Waals surface area contributed by atoms with Crippen LogP contribution in [0.4, 0.5) is 0 Å². The standard InChI is InChI=1S/C16H21N3O2/c1-11-5-6-13(7-12(11)2)15(16(20)21-4)18-9-14-8-17-10-19(14)3/h5-8,10,15,18H,9H2,1-4H3/t15-/m0/s1. The summed E-state index contributed by atoms with van der Waals surface area (Å²) in [5, 5.41) is 3.24. The van der Waals surface area contributed by atoms with Gasteiger partial charge in [0.1, 0.15) is 6.04 Å². The fourth-order valence-corrected chi connectivity index (χ4v) is 2.16. The first-order valence-corrected chi connectivity index (χ1v) is 6.86. The van der Waals surface area contributed by atoms with Crippen molar-refractivity contribution in [2.75, 3.05) is 7.11 Å². The highest BCUT2D eigenvalue weighted by Gasteiger charge is 2.21. The maximum atomic E-state index is 12.0. The number of imidazole rings is 1. The maximum absolute atomic E-state index is 12.0. The van der Waals surface area contributed by atoms with Crippen LogP contribution in [0, 0.1) is 13.8 Å². The minimum atomic E-state index is -0.482. The van der Waals surface area contributed by atoms with Gasteiger partial charge in [0.2, 0.25) is 0 Å². The van der Waals surface area contributed by atoms with E-state index in [1.165, 1.54) is 12.7 Å². The van der Waals surface area contributed by atoms with Crippen LogP contribution in [-0.2, 0) is 23.1 Å². The highest BCUT2D eigenvalue weighted by Crippen LogP contribution is 2.19. The van der Waals surface area contributed by atoms with Crippen molar-refractivity contribution < 1.29 is 9.53 Å². The summed E-state index contributed by atoms with van der Waals surface area (Å²) in [5.41, 5.74) is 4.28. The second kappa shape index (κ2) is 6.54. The first-order chi connectivity index (χ1) is 10.0. The van der Waals surface area contributed by atoms with Crippen LogP contribution in [0.5, 0.6) is 0 Å². The van der Waals surface area contributed by atoms with E-state index in [9.17, 15) is 4.79 Å². The molecule has 0 aliphatic carbocycles. The van der Waals surface area contributed by atoms with Gasteiger partial charge in [0.05, 0.1) is 19.1 Å². The zero-order valence-corrected chi connectivity index (χ0v) is 12.9. The second-order valence-corrected chi connectivity index (χ2v) is 5.18. The lowest BCUT2D eigenvalue weighted by molar-refractivity contribution is -0.143. The van der Waals surface area contributed by atoms with Gasteiger partial charge in [-0.1, -0.05) is 18.2 Å². The molecule has 5 heteroatoms. The Kier molecular flexibility index (Phi) is 4.75. The molecule has 1 aromatic heterocycles. The number of aromatic nitrogens is 2. The van der Waals surface area contributed by atoms with Gasteiger partial charge in [-0.05, 0) is 30.5 Å². The van der Waals surface area contributed by atoms with E-state index in [4.69, 9.17) is 4.74 Å². The number of esters is 1. The summed E-state index contributed by atoms with van der Waals surface area (Å²) in [7, 11) is 3.33. The number of nitrogens with zero attached hydrogens (tertiary/aromatic N) is 2. The van der Waals surface area contributed by atoms with Crippen LogP contribution in [0.1, 0.15) is 28.4 Å². The lowest BCUT2D eigenvalue weighted by Gasteiger charge is -2.18. The number of aryl methyl sites for hydroxylation is 3. The van der Waals surface area contributed by atoms with Crippen molar-refractivity contribution in [3.05, 3.63) is 53.1 Å². The fraction of sp³-hybridized carbons (Fsp3) is 0.375. The highest BCUT2D eigenvalue weighted by atomic mass is 16.5. The van der Waals surface area contributed by atoms with Crippen molar-refractivity contribution in [3.8, 4) is 0 Å². The van der Waals surface area contributed by atoms with Crippen LogP contribution in [0.25, 0.3) is 0 Å². The molecule has 21 heavy (non-hydrogen) atoms. The van der Waals surface area contributed by atoms with Gasteiger partial charge in [0.25, 0.3) is 0 Å². The van der Waals surface area contributed by atoms with Gasteiger partial charge in [-0.3, -0.25) is 5.32 Å². The molecule has 1 aromatic carbocycles. The SMILES string of the molecule is COC(=O)[C@@H](NCc1cncn1C)c1ccc(C)c(C)c1. The molecular weight excluding hydrogens is 266 g/mol. The number of methoxy groups -OCH3 is 1. The summed E-state index contributed by atoms with van der Waals surface area (Å²) in [6.45, 7) is 4.63. The first kappa shape index (κ1) is 15.3. The summed E-state index contributed by atoms with van der Waals surface area (Å²) in [6, 6.07) is 5.52. The predicted octanol–water partition coefficient (Wildman–Crippen LogP) is 2.04. The summed E-state index contributed by atoms with van der Waals surface area (Å²) in [4.78, 5) is 16.1. The lowest BCUT2D eigenvalue weighted by Crippen LogP contribution is -2.30. The third kappa shape index (κ3) is 3.49. The van der Waals surface area contributed by atoms with E-state index >= 15 is 0 Å². The van der Waals surface area contributed by atoms with E-state index in [2.05, 4.69) is 17.2 Å². The molecule has 0 fully saturated rings. The molecule has 0 spiro atoms. The van der Waals surface area contributed by atoms with Gasteiger partial charge < -0.3 is 9.30 Å². The van der Waals surface area contributed by atoms with Gasteiger partial charge in [-0.2, -0.15) is 0 Å². The smallest absolute Gasteiger partial charge is 0.327 e. The molecule has 112 valence electrons. The number of hydrogen-bond acceptors (Lipinski definition) is 4. The Labute approximate surface area is 125 Å². The Morgan fingerprint density at radius 2 is 2.14 bits per heavy atom. The van der Waals surface area contributed by atoms with Crippen LogP contribution in [0.15, 0.2) is 30.7 Å². The molecule has 0 unspecified atom stereocenters. The molecule has 1 heterocycles. The summed E-state index contributed by atoms with van der Waals surface area (Å²) < 4.78 is 6.83. The Morgan fingerprint density at radius 3 is 2.71 bits per heavy atom. The number of benzene rings is 1. The summed E-state index contributed by atoms with van der Waals surface area (Å²) in [6.07, 6.45) is 3.52. The minimum absolute atomic E-state index is 0.291. The highest BCUT2D eigenvalue weighted by molar-refractivity contribution is 5.77. The molecule has 0 saturated carbocycles. The topological polar surface area (TPSA) is 56.1 Å².